The van der Waals surface area contributed by atoms with Crippen LogP contribution in [0.2, 0.25) is 0 Å². The normalized spacial score (nSPS) is 10.3. The SMILES string of the molecule is CCN(Cc1ccc(OC)c(OC)c1)C(=O)COc1ccccc1C(=O)Nc1ccccc1. The molecular formula is C26H28N2O5. The first-order chi connectivity index (χ1) is 16.0. The van der Waals surface area contributed by atoms with Gasteiger partial charge in [-0.25, -0.2) is 0 Å². The van der Waals surface area contributed by atoms with Gasteiger partial charge in [-0.3, -0.25) is 9.59 Å². The molecule has 1 N–H and O–H groups in total. The summed E-state index contributed by atoms with van der Waals surface area (Å²) >= 11 is 0. The molecule has 0 fully saturated rings. The lowest BCUT2D eigenvalue weighted by atomic mass is 10.1. The third kappa shape index (κ3) is 6.26. The molecule has 0 saturated heterocycles. The van der Waals surface area contributed by atoms with Gasteiger partial charge in [-0.2, -0.15) is 0 Å². The topological polar surface area (TPSA) is 77.1 Å². The highest BCUT2D eigenvalue weighted by Gasteiger charge is 2.17. The molecule has 0 heterocycles. The summed E-state index contributed by atoms with van der Waals surface area (Å²) in [4.78, 5) is 27.2. The van der Waals surface area contributed by atoms with Crippen LogP contribution in [0.25, 0.3) is 0 Å². The van der Waals surface area contributed by atoms with E-state index >= 15 is 0 Å². The van der Waals surface area contributed by atoms with Gasteiger partial charge in [-0.15, -0.1) is 0 Å². The number of carbonyl (C=O) groups is 2. The van der Waals surface area contributed by atoms with Crippen LogP contribution < -0.4 is 19.5 Å². The molecule has 7 nitrogen and oxygen atoms in total. The van der Waals surface area contributed by atoms with E-state index in [2.05, 4.69) is 5.32 Å². The summed E-state index contributed by atoms with van der Waals surface area (Å²) in [7, 11) is 3.15. The Hall–Kier alpha value is -4.00. The van der Waals surface area contributed by atoms with Gasteiger partial charge in [0.05, 0.1) is 19.8 Å². The molecule has 7 heteroatoms. The van der Waals surface area contributed by atoms with Crippen molar-refractivity contribution in [3.05, 3.63) is 83.9 Å². The van der Waals surface area contributed by atoms with Crippen molar-refractivity contribution in [1.29, 1.82) is 0 Å². The molecule has 0 radical (unpaired) electrons. The fraction of sp³-hybridized carbons (Fsp3) is 0.231. The number of anilines is 1. The van der Waals surface area contributed by atoms with E-state index in [1.807, 2.05) is 43.3 Å². The molecule has 0 atom stereocenters. The number of ether oxygens (including phenoxy) is 3. The fourth-order valence-electron chi connectivity index (χ4n) is 3.31. The largest absolute Gasteiger partial charge is 0.493 e. The molecule has 33 heavy (non-hydrogen) atoms. The number of likely N-dealkylation sites (N-methyl/N-ethyl adjacent to an activating group) is 1. The van der Waals surface area contributed by atoms with Gasteiger partial charge in [0.1, 0.15) is 5.75 Å². The van der Waals surface area contributed by atoms with Crippen LogP contribution in [-0.4, -0.2) is 44.1 Å². The van der Waals surface area contributed by atoms with Crippen LogP contribution in [0, 0.1) is 0 Å². The quantitative estimate of drug-likeness (QED) is 0.498. The summed E-state index contributed by atoms with van der Waals surface area (Å²) in [5, 5.41) is 2.84. The standard InChI is InChI=1S/C26H28N2O5/c1-4-28(17-19-14-15-23(31-2)24(16-19)32-3)25(29)18-33-22-13-9-8-12-21(22)26(30)27-20-10-6-5-7-11-20/h5-16H,4,17-18H2,1-3H3,(H,27,30). The summed E-state index contributed by atoms with van der Waals surface area (Å²) in [5.41, 5.74) is 1.95. The van der Waals surface area contributed by atoms with E-state index in [1.54, 1.807) is 55.5 Å². The Labute approximate surface area is 193 Å². The van der Waals surface area contributed by atoms with Crippen LogP contribution in [0.4, 0.5) is 5.69 Å². The minimum atomic E-state index is -0.304. The number of carbonyl (C=O) groups excluding carboxylic acids is 2. The Kier molecular flexibility index (Phi) is 8.30. The number of hydrogen-bond acceptors (Lipinski definition) is 5. The number of amides is 2. The van der Waals surface area contributed by atoms with Gasteiger partial charge in [0.15, 0.2) is 18.1 Å². The lowest BCUT2D eigenvalue weighted by Crippen LogP contribution is -2.34. The Morgan fingerprint density at radius 1 is 0.848 bits per heavy atom. The van der Waals surface area contributed by atoms with Gasteiger partial charge >= 0.3 is 0 Å². The molecule has 2 amide bonds. The van der Waals surface area contributed by atoms with Crippen molar-refractivity contribution in [3.8, 4) is 17.2 Å². The predicted molar refractivity (Wildman–Crippen MR) is 127 cm³/mol. The molecule has 0 saturated carbocycles. The molecule has 3 aromatic rings. The van der Waals surface area contributed by atoms with E-state index in [0.717, 1.165) is 5.56 Å². The summed E-state index contributed by atoms with van der Waals surface area (Å²) in [6, 6.07) is 21.6. The van der Waals surface area contributed by atoms with Crippen LogP contribution in [0.15, 0.2) is 72.8 Å². The van der Waals surface area contributed by atoms with Crippen molar-refractivity contribution in [1.82, 2.24) is 4.90 Å². The number of rotatable bonds is 10. The maximum atomic E-state index is 12.8. The minimum Gasteiger partial charge on any atom is -0.493 e. The van der Waals surface area contributed by atoms with Gasteiger partial charge in [0.25, 0.3) is 11.8 Å². The number of nitrogens with one attached hydrogen (secondary N) is 1. The Morgan fingerprint density at radius 3 is 2.24 bits per heavy atom. The second kappa shape index (κ2) is 11.6. The molecule has 172 valence electrons. The van der Waals surface area contributed by atoms with Crippen LogP contribution in [0.1, 0.15) is 22.8 Å². The van der Waals surface area contributed by atoms with E-state index in [9.17, 15) is 9.59 Å². The summed E-state index contributed by atoms with van der Waals surface area (Å²) in [6.45, 7) is 2.62. The molecule has 0 spiro atoms. The van der Waals surface area contributed by atoms with Gasteiger partial charge in [-0.05, 0) is 48.9 Å². The average Bonchev–Trinajstić information content (AvgIpc) is 2.86. The number of methoxy groups -OCH3 is 2. The lowest BCUT2D eigenvalue weighted by Gasteiger charge is -2.22. The van der Waals surface area contributed by atoms with Crippen LogP contribution in [0.5, 0.6) is 17.2 Å². The van der Waals surface area contributed by atoms with E-state index in [0.29, 0.717) is 41.6 Å². The number of benzene rings is 3. The van der Waals surface area contributed by atoms with E-state index in [1.165, 1.54) is 0 Å². The van der Waals surface area contributed by atoms with Crippen molar-refractivity contribution < 1.29 is 23.8 Å². The second-order valence-corrected chi connectivity index (χ2v) is 7.20. The van der Waals surface area contributed by atoms with Gasteiger partial charge in [-0.1, -0.05) is 36.4 Å². The van der Waals surface area contributed by atoms with Crippen molar-refractivity contribution >= 4 is 17.5 Å². The molecule has 0 unspecified atom stereocenters. The van der Waals surface area contributed by atoms with Crippen molar-refractivity contribution in [2.24, 2.45) is 0 Å². The molecule has 3 rings (SSSR count). The number of para-hydroxylation sites is 2. The molecule has 3 aromatic carbocycles. The first kappa shape index (κ1) is 23.7. The highest BCUT2D eigenvalue weighted by atomic mass is 16.5. The Bertz CT molecular complexity index is 1090. The Balaban J connectivity index is 1.65. The second-order valence-electron chi connectivity index (χ2n) is 7.20. The molecule has 0 aliphatic heterocycles. The van der Waals surface area contributed by atoms with E-state index < -0.39 is 0 Å². The highest BCUT2D eigenvalue weighted by molar-refractivity contribution is 6.06. The maximum Gasteiger partial charge on any atom is 0.260 e. The molecule has 0 aliphatic carbocycles. The van der Waals surface area contributed by atoms with Gasteiger partial charge in [0.2, 0.25) is 0 Å². The van der Waals surface area contributed by atoms with Crippen molar-refractivity contribution in [2.45, 2.75) is 13.5 Å². The molecule has 0 aromatic heterocycles. The number of hydrogen-bond donors (Lipinski definition) is 1. The van der Waals surface area contributed by atoms with Crippen LogP contribution >= 0.6 is 0 Å². The molecule has 0 aliphatic rings. The third-order valence-corrected chi connectivity index (χ3v) is 5.07. The fourth-order valence-corrected chi connectivity index (χ4v) is 3.31. The summed E-state index contributed by atoms with van der Waals surface area (Å²) < 4.78 is 16.4. The zero-order valence-corrected chi connectivity index (χ0v) is 19.0. The number of nitrogens with zero attached hydrogens (tertiary/aromatic N) is 1. The van der Waals surface area contributed by atoms with Crippen LogP contribution in [0.3, 0.4) is 0 Å². The first-order valence-electron chi connectivity index (χ1n) is 10.6. The van der Waals surface area contributed by atoms with Crippen LogP contribution in [-0.2, 0) is 11.3 Å². The maximum absolute atomic E-state index is 12.8. The lowest BCUT2D eigenvalue weighted by molar-refractivity contribution is -0.133. The van der Waals surface area contributed by atoms with Crippen molar-refractivity contribution in [3.63, 3.8) is 0 Å². The average molecular weight is 449 g/mol. The molecule has 0 bridgehead atoms. The summed E-state index contributed by atoms with van der Waals surface area (Å²) in [5.74, 6) is 1.09. The summed E-state index contributed by atoms with van der Waals surface area (Å²) in [6.07, 6.45) is 0. The molecular weight excluding hydrogens is 420 g/mol. The zero-order chi connectivity index (χ0) is 23.6. The highest BCUT2D eigenvalue weighted by Crippen LogP contribution is 2.28. The zero-order valence-electron chi connectivity index (χ0n) is 19.0. The predicted octanol–water partition coefficient (Wildman–Crippen LogP) is 4.38. The van der Waals surface area contributed by atoms with E-state index in [-0.39, 0.29) is 18.4 Å². The third-order valence-electron chi connectivity index (χ3n) is 5.07. The first-order valence-corrected chi connectivity index (χ1v) is 10.6. The van der Waals surface area contributed by atoms with E-state index in [4.69, 9.17) is 14.2 Å². The minimum absolute atomic E-state index is 0.184. The monoisotopic (exact) mass is 448 g/mol. The smallest absolute Gasteiger partial charge is 0.260 e. The van der Waals surface area contributed by atoms with Gasteiger partial charge in [0, 0.05) is 18.8 Å². The van der Waals surface area contributed by atoms with Crippen molar-refractivity contribution in [2.75, 3.05) is 32.7 Å². The Morgan fingerprint density at radius 2 is 1.55 bits per heavy atom. The van der Waals surface area contributed by atoms with Gasteiger partial charge < -0.3 is 24.4 Å².